The van der Waals surface area contributed by atoms with Crippen LogP contribution in [0, 0.1) is 0 Å². The van der Waals surface area contributed by atoms with E-state index < -0.39 is 17.3 Å². The van der Waals surface area contributed by atoms with Crippen LogP contribution in [0.5, 0.6) is 0 Å². The lowest BCUT2D eigenvalue weighted by atomic mass is 9.76. The van der Waals surface area contributed by atoms with E-state index >= 15 is 0 Å². The summed E-state index contributed by atoms with van der Waals surface area (Å²) in [5.41, 5.74) is 1.91. The number of hydrogen-bond acceptors (Lipinski definition) is 6. The maximum Gasteiger partial charge on any atom is 0.346 e. The second kappa shape index (κ2) is 11.1. The first-order valence-corrected chi connectivity index (χ1v) is 11.4. The molecule has 0 aliphatic heterocycles. The molecule has 2 N–H and O–H groups in total. The summed E-state index contributed by atoms with van der Waals surface area (Å²) in [6.07, 6.45) is 0.899. The monoisotopic (exact) mass is 471 g/mol. The lowest BCUT2D eigenvalue weighted by Crippen LogP contribution is -2.49. The van der Waals surface area contributed by atoms with Crippen LogP contribution in [0.2, 0.25) is 0 Å². The summed E-state index contributed by atoms with van der Waals surface area (Å²) >= 11 is 0. The third-order valence-electron chi connectivity index (χ3n) is 5.95. The SMILES string of the molecule is COC[C@@H](O)Cc1cnc(=O)[nH]c1N(OC)C(c1ccccc1)(c1ccccc1)c1ccccc1. The number of aliphatic hydroxyl groups is 1. The number of nitrogens with zero attached hydrogens (tertiary/aromatic N) is 2. The van der Waals surface area contributed by atoms with Crippen LogP contribution in [-0.4, -0.2) is 42.0 Å². The smallest absolute Gasteiger partial charge is 0.346 e. The molecule has 7 heteroatoms. The zero-order valence-electron chi connectivity index (χ0n) is 19.8. The van der Waals surface area contributed by atoms with Gasteiger partial charge in [-0.1, -0.05) is 91.0 Å². The van der Waals surface area contributed by atoms with Gasteiger partial charge in [-0.25, -0.2) is 14.8 Å². The minimum atomic E-state index is -0.982. The van der Waals surface area contributed by atoms with Crippen LogP contribution in [0.25, 0.3) is 0 Å². The maximum atomic E-state index is 12.5. The van der Waals surface area contributed by atoms with Gasteiger partial charge in [-0.15, -0.1) is 0 Å². The Bertz CT molecular complexity index is 1170. The van der Waals surface area contributed by atoms with Crippen LogP contribution in [0.1, 0.15) is 22.3 Å². The van der Waals surface area contributed by atoms with E-state index in [-0.39, 0.29) is 13.0 Å². The van der Waals surface area contributed by atoms with E-state index in [1.54, 1.807) is 12.2 Å². The minimum absolute atomic E-state index is 0.146. The van der Waals surface area contributed by atoms with E-state index in [1.807, 2.05) is 91.0 Å². The topological polar surface area (TPSA) is 87.7 Å². The van der Waals surface area contributed by atoms with Crippen molar-refractivity contribution < 1.29 is 14.7 Å². The van der Waals surface area contributed by atoms with Crippen molar-refractivity contribution in [2.75, 3.05) is 25.9 Å². The number of aromatic amines is 1. The van der Waals surface area contributed by atoms with Gasteiger partial charge in [0.1, 0.15) is 11.4 Å². The predicted molar refractivity (Wildman–Crippen MR) is 135 cm³/mol. The van der Waals surface area contributed by atoms with Crippen LogP contribution in [0.4, 0.5) is 5.82 Å². The van der Waals surface area contributed by atoms with E-state index in [0.717, 1.165) is 16.7 Å². The fourth-order valence-corrected chi connectivity index (χ4v) is 4.53. The first-order chi connectivity index (χ1) is 17.1. The Balaban J connectivity index is 2.05. The van der Waals surface area contributed by atoms with Crippen LogP contribution < -0.4 is 10.8 Å². The first kappa shape index (κ1) is 24.3. The van der Waals surface area contributed by atoms with Gasteiger partial charge in [0.25, 0.3) is 0 Å². The minimum Gasteiger partial charge on any atom is -0.390 e. The molecule has 1 aromatic heterocycles. The van der Waals surface area contributed by atoms with E-state index in [2.05, 4.69) is 9.97 Å². The number of ether oxygens (including phenoxy) is 1. The summed E-state index contributed by atoms with van der Waals surface area (Å²) in [6, 6.07) is 29.9. The van der Waals surface area contributed by atoms with Gasteiger partial charge < -0.3 is 9.84 Å². The molecule has 0 bridgehead atoms. The second-order valence-corrected chi connectivity index (χ2v) is 8.16. The summed E-state index contributed by atoms with van der Waals surface area (Å²) in [5, 5.41) is 12.2. The molecule has 0 spiro atoms. The van der Waals surface area contributed by atoms with Gasteiger partial charge in [-0.05, 0) is 16.7 Å². The fraction of sp³-hybridized carbons (Fsp3) is 0.214. The summed E-state index contributed by atoms with van der Waals surface area (Å²) in [6.45, 7) is 0.146. The highest BCUT2D eigenvalue weighted by atomic mass is 16.7. The molecule has 7 nitrogen and oxygen atoms in total. The van der Waals surface area contributed by atoms with Gasteiger partial charge in [0.05, 0.1) is 19.8 Å². The number of nitrogens with one attached hydrogen (secondary N) is 1. The number of hydrogen-bond donors (Lipinski definition) is 2. The maximum absolute atomic E-state index is 12.5. The van der Waals surface area contributed by atoms with Crippen molar-refractivity contribution in [3.63, 3.8) is 0 Å². The van der Waals surface area contributed by atoms with Crippen molar-refractivity contribution in [2.24, 2.45) is 0 Å². The molecule has 0 fully saturated rings. The van der Waals surface area contributed by atoms with Gasteiger partial charge in [0, 0.05) is 25.3 Å². The molecule has 0 aliphatic carbocycles. The Kier molecular flexibility index (Phi) is 7.72. The highest BCUT2D eigenvalue weighted by Crippen LogP contribution is 2.44. The second-order valence-electron chi connectivity index (χ2n) is 8.16. The molecular weight excluding hydrogens is 442 g/mol. The number of anilines is 1. The van der Waals surface area contributed by atoms with Gasteiger partial charge in [0.15, 0.2) is 0 Å². The van der Waals surface area contributed by atoms with E-state index in [9.17, 15) is 9.90 Å². The van der Waals surface area contributed by atoms with E-state index in [4.69, 9.17) is 9.57 Å². The quantitative estimate of drug-likeness (QED) is 0.271. The molecule has 3 aromatic carbocycles. The molecule has 1 heterocycles. The molecule has 180 valence electrons. The molecule has 0 unspecified atom stereocenters. The zero-order chi connectivity index (χ0) is 24.7. The standard InChI is InChI=1S/C28H29N3O4/c1-34-20-25(32)18-21-19-29-27(33)30-26(21)31(35-2)28(22-12-6-3-7-13-22,23-14-8-4-9-15-23)24-16-10-5-11-17-24/h3-17,19,25,32H,18,20H2,1-2H3,(H,29,30,33)/t25-/m0/s1. The van der Waals surface area contributed by atoms with Gasteiger partial charge >= 0.3 is 5.69 Å². The number of hydroxylamine groups is 1. The van der Waals surface area contributed by atoms with E-state index in [1.165, 1.54) is 13.3 Å². The average Bonchev–Trinajstić information content (AvgIpc) is 2.90. The van der Waals surface area contributed by atoms with Crippen LogP contribution >= 0.6 is 0 Å². The molecule has 4 rings (SSSR count). The van der Waals surface area contributed by atoms with Crippen molar-refractivity contribution in [1.29, 1.82) is 0 Å². The highest BCUT2D eigenvalue weighted by molar-refractivity contribution is 5.60. The molecule has 0 aliphatic rings. The molecule has 0 saturated carbocycles. The highest BCUT2D eigenvalue weighted by Gasteiger charge is 2.44. The van der Waals surface area contributed by atoms with Crippen molar-refractivity contribution in [1.82, 2.24) is 9.97 Å². The van der Waals surface area contributed by atoms with Gasteiger partial charge in [0.2, 0.25) is 0 Å². The van der Waals surface area contributed by atoms with Crippen LogP contribution in [-0.2, 0) is 21.5 Å². The Morgan fingerprint density at radius 1 is 0.886 bits per heavy atom. The molecule has 0 radical (unpaired) electrons. The van der Waals surface area contributed by atoms with Crippen molar-refractivity contribution in [3.8, 4) is 0 Å². The zero-order valence-corrected chi connectivity index (χ0v) is 19.8. The predicted octanol–water partition coefficient (Wildman–Crippen LogP) is 3.68. The normalized spacial score (nSPS) is 12.3. The number of aliphatic hydroxyl groups excluding tert-OH is 1. The molecular formula is C28H29N3O4. The molecule has 0 amide bonds. The van der Waals surface area contributed by atoms with Crippen molar-refractivity contribution >= 4 is 5.82 Å². The number of methoxy groups -OCH3 is 1. The number of aromatic nitrogens is 2. The number of rotatable bonds is 10. The Labute approximate surface area is 204 Å². The third-order valence-corrected chi connectivity index (χ3v) is 5.95. The Hall–Kier alpha value is -3.78. The third kappa shape index (κ3) is 4.88. The summed E-state index contributed by atoms with van der Waals surface area (Å²) in [7, 11) is 3.10. The lowest BCUT2D eigenvalue weighted by Gasteiger charge is -2.45. The first-order valence-electron chi connectivity index (χ1n) is 11.4. The van der Waals surface area contributed by atoms with Crippen molar-refractivity contribution in [3.05, 3.63) is 130 Å². The fourth-order valence-electron chi connectivity index (χ4n) is 4.53. The summed E-state index contributed by atoms with van der Waals surface area (Å²) < 4.78 is 5.11. The largest absolute Gasteiger partial charge is 0.390 e. The van der Waals surface area contributed by atoms with E-state index in [0.29, 0.717) is 11.4 Å². The molecule has 0 saturated heterocycles. The number of H-pyrrole nitrogens is 1. The molecule has 35 heavy (non-hydrogen) atoms. The van der Waals surface area contributed by atoms with Gasteiger partial charge in [-0.2, -0.15) is 0 Å². The average molecular weight is 472 g/mol. The van der Waals surface area contributed by atoms with Crippen LogP contribution in [0.15, 0.2) is 102 Å². The van der Waals surface area contributed by atoms with Gasteiger partial charge in [-0.3, -0.25) is 9.82 Å². The Morgan fingerprint density at radius 3 is 1.80 bits per heavy atom. The lowest BCUT2D eigenvalue weighted by molar-refractivity contribution is 0.0643. The number of benzene rings is 3. The summed E-state index contributed by atoms with van der Waals surface area (Å²) in [5.74, 6) is 0.402. The molecule has 1 atom stereocenters. The summed E-state index contributed by atoms with van der Waals surface area (Å²) in [4.78, 5) is 25.4. The van der Waals surface area contributed by atoms with Crippen LogP contribution in [0.3, 0.4) is 0 Å². The Morgan fingerprint density at radius 2 is 1.37 bits per heavy atom. The van der Waals surface area contributed by atoms with Crippen molar-refractivity contribution in [2.45, 2.75) is 18.1 Å². The molecule has 4 aromatic rings.